The molecular weight excluding hydrogens is 195 g/mol. The molecule has 13 heavy (non-hydrogen) atoms. The highest BCUT2D eigenvalue weighted by molar-refractivity contribution is 7.58. The molecule has 0 aliphatic heterocycles. The van der Waals surface area contributed by atoms with Crippen LogP contribution in [0.3, 0.4) is 0 Å². The summed E-state index contributed by atoms with van der Waals surface area (Å²) < 4.78 is 15.8. The van der Waals surface area contributed by atoms with Gasteiger partial charge in [-0.25, -0.2) is 4.79 Å². The van der Waals surface area contributed by atoms with Gasteiger partial charge >= 0.3 is 13.6 Å². The maximum absolute atomic E-state index is 11.2. The molecule has 1 atom stereocenters. The molecule has 0 aromatic rings. The van der Waals surface area contributed by atoms with Crippen LogP contribution in [0.5, 0.6) is 0 Å². The molecule has 76 valence electrons. The van der Waals surface area contributed by atoms with E-state index in [0.29, 0.717) is 6.42 Å². The molecule has 6 heteroatoms. The smallest absolute Gasteiger partial charge is 0.365 e. The van der Waals surface area contributed by atoms with Crippen LogP contribution in [0.25, 0.3) is 0 Å². The number of hydrogen-bond donors (Lipinski definition) is 2. The summed E-state index contributed by atoms with van der Waals surface area (Å²) >= 11 is 0. The molecule has 0 saturated carbocycles. The van der Waals surface area contributed by atoms with Gasteiger partial charge in [0, 0.05) is 0 Å². The van der Waals surface area contributed by atoms with Crippen LogP contribution in [0.15, 0.2) is 11.4 Å². The van der Waals surface area contributed by atoms with Crippen molar-refractivity contribution in [1.82, 2.24) is 0 Å². The lowest BCUT2D eigenvalue weighted by molar-refractivity contribution is -0.132. The minimum atomic E-state index is -4.11. The summed E-state index contributed by atoms with van der Waals surface area (Å²) in [6.45, 7) is 3.20. The molecule has 0 fully saturated rings. The van der Waals surface area contributed by atoms with E-state index in [4.69, 9.17) is 10.00 Å². The summed E-state index contributed by atoms with van der Waals surface area (Å²) in [4.78, 5) is 19.6. The van der Waals surface area contributed by atoms with Gasteiger partial charge in [-0.05, 0) is 13.3 Å². The van der Waals surface area contributed by atoms with Crippen LogP contribution in [-0.2, 0) is 13.9 Å². The summed E-state index contributed by atoms with van der Waals surface area (Å²) in [7, 11) is -4.11. The van der Waals surface area contributed by atoms with E-state index in [1.54, 1.807) is 6.92 Å². The van der Waals surface area contributed by atoms with Gasteiger partial charge in [0.15, 0.2) is 0 Å². The van der Waals surface area contributed by atoms with E-state index in [9.17, 15) is 9.36 Å². The van der Waals surface area contributed by atoms with E-state index in [0.717, 1.165) is 6.08 Å². The van der Waals surface area contributed by atoms with Crippen LogP contribution >= 0.6 is 7.60 Å². The number of aliphatic carboxylic acids is 1. The average molecular weight is 208 g/mol. The molecule has 0 radical (unpaired) electrons. The molecule has 0 spiro atoms. The molecule has 0 aromatic heterocycles. The van der Waals surface area contributed by atoms with Gasteiger partial charge in [0.05, 0.1) is 6.61 Å². The van der Waals surface area contributed by atoms with Crippen molar-refractivity contribution in [2.24, 2.45) is 0 Å². The highest BCUT2D eigenvalue weighted by Gasteiger charge is 2.30. The number of allylic oxidation sites excluding steroid dienone is 1. The number of carbonyl (C=O) groups is 1. The topological polar surface area (TPSA) is 83.8 Å². The first-order chi connectivity index (χ1) is 5.95. The Labute approximate surface area is 76.6 Å². The molecule has 0 aromatic carbocycles. The summed E-state index contributed by atoms with van der Waals surface area (Å²) in [5, 5.41) is 7.95. The van der Waals surface area contributed by atoms with Crippen LogP contribution in [0.4, 0.5) is 0 Å². The van der Waals surface area contributed by atoms with Gasteiger partial charge in [0.25, 0.3) is 0 Å². The first-order valence-corrected chi connectivity index (χ1v) is 5.41. The van der Waals surface area contributed by atoms with Crippen LogP contribution in [0.1, 0.15) is 20.3 Å². The number of rotatable bonds is 5. The fourth-order valence-corrected chi connectivity index (χ4v) is 1.83. The Morgan fingerprint density at radius 1 is 1.62 bits per heavy atom. The van der Waals surface area contributed by atoms with Crippen LogP contribution in [0, 0.1) is 0 Å². The predicted octanol–water partition coefficient (Wildman–Crippen LogP) is 1.59. The third kappa shape index (κ3) is 3.72. The molecule has 5 nitrogen and oxygen atoms in total. The van der Waals surface area contributed by atoms with Gasteiger partial charge in [-0.15, -0.1) is 0 Å². The SMILES string of the molecule is CC=C(C(=O)O)P(=O)(O)OCCC. The number of hydrogen-bond acceptors (Lipinski definition) is 3. The maximum atomic E-state index is 11.2. The number of carboxylic acid groups (broad SMARTS) is 1. The predicted molar refractivity (Wildman–Crippen MR) is 47.5 cm³/mol. The Kier molecular flexibility index (Phi) is 4.91. The molecule has 1 unspecified atom stereocenters. The zero-order valence-electron chi connectivity index (χ0n) is 7.56. The molecule has 0 aliphatic carbocycles. The van der Waals surface area contributed by atoms with Crippen molar-refractivity contribution in [2.75, 3.05) is 6.61 Å². The molecule has 0 heterocycles. The normalized spacial score (nSPS) is 16.7. The fourth-order valence-electron chi connectivity index (χ4n) is 0.692. The maximum Gasteiger partial charge on any atom is 0.365 e. The van der Waals surface area contributed by atoms with Gasteiger partial charge in [-0.1, -0.05) is 13.0 Å². The molecular formula is C7H13O5P. The molecule has 0 bridgehead atoms. The molecule has 2 N–H and O–H groups in total. The van der Waals surface area contributed by atoms with Crippen molar-refractivity contribution in [3.05, 3.63) is 11.4 Å². The van der Waals surface area contributed by atoms with Crippen LogP contribution in [-0.4, -0.2) is 22.6 Å². The van der Waals surface area contributed by atoms with E-state index < -0.39 is 18.9 Å². The Bertz CT molecular complexity index is 258. The highest BCUT2D eigenvalue weighted by Crippen LogP contribution is 2.50. The summed E-state index contributed by atoms with van der Waals surface area (Å²) in [6.07, 6.45) is 1.62. The van der Waals surface area contributed by atoms with E-state index in [-0.39, 0.29) is 6.61 Å². The zero-order valence-corrected chi connectivity index (χ0v) is 8.45. The summed E-state index contributed by atoms with van der Waals surface area (Å²) in [6, 6.07) is 0. The summed E-state index contributed by atoms with van der Waals surface area (Å²) in [5.41, 5.74) is 0. The summed E-state index contributed by atoms with van der Waals surface area (Å²) in [5.74, 6) is -1.43. The van der Waals surface area contributed by atoms with Crippen molar-refractivity contribution in [3.8, 4) is 0 Å². The molecule has 0 aliphatic rings. The van der Waals surface area contributed by atoms with Gasteiger partial charge in [0.1, 0.15) is 5.31 Å². The Morgan fingerprint density at radius 2 is 2.15 bits per heavy atom. The van der Waals surface area contributed by atoms with Crippen LogP contribution < -0.4 is 0 Å². The van der Waals surface area contributed by atoms with E-state index in [1.807, 2.05) is 0 Å². The monoisotopic (exact) mass is 208 g/mol. The standard InChI is InChI=1S/C7H13O5P/c1-3-5-12-13(10,11)6(4-2)7(8)9/h4H,3,5H2,1-2H3,(H,8,9)(H,10,11). The molecule has 0 saturated heterocycles. The van der Waals surface area contributed by atoms with Crippen molar-refractivity contribution >= 4 is 13.6 Å². The van der Waals surface area contributed by atoms with Gasteiger partial charge < -0.3 is 14.5 Å². The van der Waals surface area contributed by atoms with E-state index in [1.165, 1.54) is 6.92 Å². The van der Waals surface area contributed by atoms with E-state index >= 15 is 0 Å². The third-order valence-corrected chi connectivity index (χ3v) is 2.86. The van der Waals surface area contributed by atoms with E-state index in [2.05, 4.69) is 4.52 Å². The van der Waals surface area contributed by atoms with Crippen LogP contribution in [0.2, 0.25) is 0 Å². The second-order valence-electron chi connectivity index (χ2n) is 2.33. The quantitative estimate of drug-likeness (QED) is 0.529. The Hall–Kier alpha value is -0.640. The second kappa shape index (κ2) is 5.17. The largest absolute Gasteiger partial charge is 0.477 e. The van der Waals surface area contributed by atoms with Gasteiger partial charge in [0.2, 0.25) is 0 Å². The van der Waals surface area contributed by atoms with Crippen molar-refractivity contribution < 1.29 is 23.9 Å². The Morgan fingerprint density at radius 3 is 2.46 bits per heavy atom. The van der Waals surface area contributed by atoms with Crippen molar-refractivity contribution in [2.45, 2.75) is 20.3 Å². The molecule has 0 rings (SSSR count). The number of carboxylic acids is 1. The lowest BCUT2D eigenvalue weighted by Gasteiger charge is -2.11. The lowest BCUT2D eigenvalue weighted by atomic mass is 10.5. The van der Waals surface area contributed by atoms with Crippen molar-refractivity contribution in [3.63, 3.8) is 0 Å². The van der Waals surface area contributed by atoms with Gasteiger partial charge in [-0.3, -0.25) is 4.57 Å². The Balaban J connectivity index is 4.60. The van der Waals surface area contributed by atoms with Crippen molar-refractivity contribution in [1.29, 1.82) is 0 Å². The first kappa shape index (κ1) is 12.4. The minimum absolute atomic E-state index is 0.0679. The molecule has 0 amide bonds. The van der Waals surface area contributed by atoms with Gasteiger partial charge in [-0.2, -0.15) is 0 Å². The highest BCUT2D eigenvalue weighted by atomic mass is 31.2. The first-order valence-electron chi connectivity index (χ1n) is 3.83. The second-order valence-corrected chi connectivity index (χ2v) is 4.11. The lowest BCUT2D eigenvalue weighted by Crippen LogP contribution is -2.04. The third-order valence-electron chi connectivity index (χ3n) is 1.27. The minimum Gasteiger partial charge on any atom is -0.477 e. The zero-order chi connectivity index (χ0) is 10.5. The average Bonchev–Trinajstić information content (AvgIpc) is 2.01. The fraction of sp³-hybridized carbons (Fsp3) is 0.571.